The monoisotopic (exact) mass is 537 g/mol. The molecule has 4 rings (SSSR count). The van der Waals surface area contributed by atoms with Gasteiger partial charge in [0.05, 0.1) is 24.3 Å². The Balaban J connectivity index is 1.57. The molecule has 1 heterocycles. The number of ether oxygens (including phenoxy) is 1. The van der Waals surface area contributed by atoms with E-state index < -0.39 is 29.6 Å². The molecule has 1 fully saturated rings. The average Bonchev–Trinajstić information content (AvgIpc) is 3.13. The number of anilines is 2. The summed E-state index contributed by atoms with van der Waals surface area (Å²) in [6.07, 6.45) is 0.0246. The first kappa shape index (κ1) is 26.9. The zero-order valence-electron chi connectivity index (χ0n) is 20.5. The maximum atomic E-state index is 14.3. The summed E-state index contributed by atoms with van der Waals surface area (Å²) in [5.74, 6) is -2.20. The van der Waals surface area contributed by atoms with Crippen LogP contribution >= 0.6 is 12.2 Å². The number of esters is 1. The number of thiocarbonyl (C=S) groups is 1. The van der Waals surface area contributed by atoms with Crippen LogP contribution in [-0.4, -0.2) is 47.0 Å². The van der Waals surface area contributed by atoms with Gasteiger partial charge in [-0.2, -0.15) is 0 Å². The second kappa shape index (κ2) is 11.9. The largest absolute Gasteiger partial charge is 0.462 e. The van der Waals surface area contributed by atoms with Crippen LogP contribution in [0, 0.1) is 11.6 Å². The van der Waals surface area contributed by atoms with Crippen molar-refractivity contribution in [3.8, 4) is 0 Å². The van der Waals surface area contributed by atoms with Gasteiger partial charge in [0.25, 0.3) is 5.91 Å². The van der Waals surface area contributed by atoms with Gasteiger partial charge >= 0.3 is 5.97 Å². The number of benzene rings is 3. The summed E-state index contributed by atoms with van der Waals surface area (Å²) in [6, 6.07) is 16.8. The fraction of sp³-hybridized carbons (Fsp3) is 0.214. The molecule has 2 amide bonds. The Kier molecular flexibility index (Phi) is 8.42. The quantitative estimate of drug-likeness (QED) is 0.315. The molecule has 0 aliphatic carbocycles. The van der Waals surface area contributed by atoms with Crippen LogP contribution in [0.2, 0.25) is 0 Å². The van der Waals surface area contributed by atoms with Gasteiger partial charge in [-0.05, 0) is 85.7 Å². The fourth-order valence-corrected chi connectivity index (χ4v) is 4.56. The molecule has 1 N–H and O–H groups in total. The summed E-state index contributed by atoms with van der Waals surface area (Å²) in [5, 5.41) is 2.83. The van der Waals surface area contributed by atoms with Gasteiger partial charge in [-0.3, -0.25) is 14.5 Å². The van der Waals surface area contributed by atoms with Gasteiger partial charge < -0.3 is 15.0 Å². The standard InChI is InChI=1S/C28H25F2N3O4S/c1-2-37-27(36)19-7-13-22(14-8-19)33-26(35)24(17-25(34)31-21-11-9-20(29)10-12-21)32(28(33)38)16-15-18-5-3-4-6-23(18)30/h3-14,24H,2,15-17H2,1H3,(H,31,34)/t24-/m1/s1. The van der Waals surface area contributed by atoms with Gasteiger partial charge in [0.2, 0.25) is 5.91 Å². The van der Waals surface area contributed by atoms with Crippen molar-refractivity contribution in [3.05, 3.63) is 95.6 Å². The Labute approximate surface area is 224 Å². The van der Waals surface area contributed by atoms with Crippen molar-refractivity contribution in [3.63, 3.8) is 0 Å². The molecule has 1 saturated heterocycles. The number of hydrogen-bond acceptors (Lipinski definition) is 5. The van der Waals surface area contributed by atoms with Crippen molar-refractivity contribution in [1.82, 2.24) is 4.90 Å². The van der Waals surface area contributed by atoms with Crippen LogP contribution < -0.4 is 10.2 Å². The Morgan fingerprint density at radius 3 is 2.34 bits per heavy atom. The van der Waals surface area contributed by atoms with Crippen LogP contribution in [0.15, 0.2) is 72.8 Å². The lowest BCUT2D eigenvalue weighted by Gasteiger charge is -2.24. The lowest BCUT2D eigenvalue weighted by atomic mass is 10.1. The number of carbonyl (C=O) groups excluding carboxylic acids is 3. The molecule has 0 saturated carbocycles. The highest BCUT2D eigenvalue weighted by Crippen LogP contribution is 2.28. The predicted molar refractivity (Wildman–Crippen MR) is 143 cm³/mol. The van der Waals surface area contributed by atoms with Gasteiger partial charge in [-0.1, -0.05) is 18.2 Å². The van der Waals surface area contributed by atoms with E-state index in [4.69, 9.17) is 17.0 Å². The Bertz CT molecular complexity index is 1350. The third-order valence-corrected chi connectivity index (χ3v) is 6.46. The number of nitrogens with one attached hydrogen (secondary N) is 1. The van der Waals surface area contributed by atoms with E-state index in [9.17, 15) is 23.2 Å². The van der Waals surface area contributed by atoms with E-state index in [1.54, 1.807) is 42.2 Å². The van der Waals surface area contributed by atoms with E-state index in [1.807, 2.05) is 0 Å². The molecule has 196 valence electrons. The molecule has 38 heavy (non-hydrogen) atoms. The van der Waals surface area contributed by atoms with Crippen molar-refractivity contribution in [2.45, 2.75) is 25.8 Å². The molecule has 0 aromatic heterocycles. The SMILES string of the molecule is CCOC(=O)c1ccc(N2C(=O)[C@@H](CC(=O)Nc3ccc(F)cc3)N(CCc3ccccc3F)C2=S)cc1. The number of nitrogens with zero attached hydrogens (tertiary/aromatic N) is 2. The first-order valence-electron chi connectivity index (χ1n) is 12.0. The van der Waals surface area contributed by atoms with Crippen molar-refractivity contribution in [2.75, 3.05) is 23.4 Å². The number of carbonyl (C=O) groups is 3. The molecule has 0 unspecified atom stereocenters. The van der Waals surface area contributed by atoms with E-state index in [2.05, 4.69) is 5.32 Å². The van der Waals surface area contributed by atoms with Crippen molar-refractivity contribution >= 4 is 46.5 Å². The van der Waals surface area contributed by atoms with Gasteiger partial charge in [0.15, 0.2) is 5.11 Å². The second-order valence-corrected chi connectivity index (χ2v) is 8.90. The van der Waals surface area contributed by atoms with Crippen LogP contribution in [0.5, 0.6) is 0 Å². The summed E-state index contributed by atoms with van der Waals surface area (Å²) in [4.78, 5) is 41.3. The van der Waals surface area contributed by atoms with Gasteiger partial charge in [-0.25, -0.2) is 13.6 Å². The lowest BCUT2D eigenvalue weighted by molar-refractivity contribution is -0.124. The van der Waals surface area contributed by atoms with Crippen molar-refractivity contribution in [1.29, 1.82) is 0 Å². The fourth-order valence-electron chi connectivity index (χ4n) is 4.15. The van der Waals surface area contributed by atoms with Gasteiger partial charge in [0, 0.05) is 12.2 Å². The number of halogens is 2. The van der Waals surface area contributed by atoms with Gasteiger partial charge in [-0.15, -0.1) is 0 Å². The highest BCUT2D eigenvalue weighted by Gasteiger charge is 2.44. The van der Waals surface area contributed by atoms with Crippen LogP contribution in [-0.2, 0) is 20.7 Å². The van der Waals surface area contributed by atoms with Crippen LogP contribution in [0.4, 0.5) is 20.2 Å². The predicted octanol–water partition coefficient (Wildman–Crippen LogP) is 4.72. The molecular weight excluding hydrogens is 512 g/mol. The zero-order valence-corrected chi connectivity index (χ0v) is 21.3. The summed E-state index contributed by atoms with van der Waals surface area (Å²) >= 11 is 5.64. The van der Waals surface area contributed by atoms with E-state index in [0.29, 0.717) is 22.5 Å². The van der Waals surface area contributed by atoms with E-state index >= 15 is 0 Å². The van der Waals surface area contributed by atoms with Crippen LogP contribution in [0.3, 0.4) is 0 Å². The van der Waals surface area contributed by atoms with Crippen molar-refractivity contribution < 1.29 is 27.9 Å². The highest BCUT2D eigenvalue weighted by molar-refractivity contribution is 7.80. The molecule has 7 nitrogen and oxygen atoms in total. The number of amides is 2. The summed E-state index contributed by atoms with van der Waals surface area (Å²) in [5.41, 5.74) is 1.58. The molecule has 1 aliphatic heterocycles. The summed E-state index contributed by atoms with van der Waals surface area (Å²) in [6.45, 7) is 2.13. The maximum absolute atomic E-state index is 14.3. The highest BCUT2D eigenvalue weighted by atomic mass is 32.1. The third-order valence-electron chi connectivity index (χ3n) is 6.04. The molecule has 0 radical (unpaired) electrons. The Morgan fingerprint density at radius 2 is 1.68 bits per heavy atom. The molecule has 0 spiro atoms. The van der Waals surface area contributed by atoms with Crippen LogP contribution in [0.1, 0.15) is 29.3 Å². The molecule has 3 aromatic rings. The maximum Gasteiger partial charge on any atom is 0.338 e. The first-order chi connectivity index (χ1) is 18.3. The molecular formula is C28H25F2N3O4S. The topological polar surface area (TPSA) is 78.9 Å². The Hall–Kier alpha value is -4.18. The summed E-state index contributed by atoms with van der Waals surface area (Å²) < 4.78 is 32.5. The average molecular weight is 538 g/mol. The van der Waals surface area contributed by atoms with E-state index in [1.165, 1.54) is 47.4 Å². The smallest absolute Gasteiger partial charge is 0.338 e. The first-order valence-corrected chi connectivity index (χ1v) is 12.4. The number of rotatable bonds is 9. The molecule has 10 heteroatoms. The Morgan fingerprint density at radius 1 is 1.00 bits per heavy atom. The van der Waals surface area contributed by atoms with Crippen molar-refractivity contribution in [2.24, 2.45) is 0 Å². The van der Waals surface area contributed by atoms with E-state index in [0.717, 1.165) is 0 Å². The van der Waals surface area contributed by atoms with Gasteiger partial charge in [0.1, 0.15) is 17.7 Å². The molecule has 1 aliphatic rings. The lowest BCUT2D eigenvalue weighted by Crippen LogP contribution is -2.39. The van der Waals surface area contributed by atoms with Crippen LogP contribution in [0.25, 0.3) is 0 Å². The molecule has 0 bridgehead atoms. The van der Waals surface area contributed by atoms with E-state index in [-0.39, 0.29) is 36.9 Å². The third kappa shape index (κ3) is 6.03. The zero-order chi connectivity index (χ0) is 27.2. The minimum atomic E-state index is -0.945. The second-order valence-electron chi connectivity index (χ2n) is 8.53. The molecule has 1 atom stereocenters. The normalized spacial score (nSPS) is 15.1. The minimum absolute atomic E-state index is 0.162. The minimum Gasteiger partial charge on any atom is -0.462 e. The molecule has 3 aromatic carbocycles. The number of hydrogen-bond donors (Lipinski definition) is 1. The summed E-state index contributed by atoms with van der Waals surface area (Å²) in [7, 11) is 0.